The summed E-state index contributed by atoms with van der Waals surface area (Å²) in [5.74, 6) is 1.54. The number of fused-ring (bicyclic) bond motifs is 2. The minimum atomic E-state index is -0.324. The van der Waals surface area contributed by atoms with Gasteiger partial charge in [-0.1, -0.05) is 36.9 Å². The molecule has 1 amide bonds. The molecule has 3 aromatic rings. The number of piperidine rings is 1. The Balaban J connectivity index is 1.69. The van der Waals surface area contributed by atoms with E-state index in [-0.39, 0.29) is 12.0 Å². The summed E-state index contributed by atoms with van der Waals surface area (Å²) < 4.78 is 6.41. The second-order valence-corrected chi connectivity index (χ2v) is 9.23. The highest BCUT2D eigenvalue weighted by Crippen LogP contribution is 2.39. The van der Waals surface area contributed by atoms with Crippen molar-refractivity contribution in [2.24, 2.45) is 0 Å². The van der Waals surface area contributed by atoms with Gasteiger partial charge in [-0.3, -0.25) is 4.79 Å². The molecule has 0 bridgehead atoms. The highest BCUT2D eigenvalue weighted by Gasteiger charge is 2.28. The third kappa shape index (κ3) is 4.32. The molecule has 2 heterocycles. The monoisotopic (exact) mass is 468 g/mol. The number of ether oxygens (including phenoxy) is 1. The Bertz CT molecular complexity index is 1370. The number of amides is 1. The van der Waals surface area contributed by atoms with Crippen LogP contribution >= 0.6 is 0 Å². The first-order chi connectivity index (χ1) is 17.0. The number of rotatable bonds is 5. The topological polar surface area (TPSA) is 53.0 Å². The zero-order valence-corrected chi connectivity index (χ0v) is 20.5. The maximum absolute atomic E-state index is 13.7. The summed E-state index contributed by atoms with van der Waals surface area (Å²) in [5.41, 5.74) is 4.64. The van der Waals surface area contributed by atoms with Crippen molar-refractivity contribution in [3.63, 3.8) is 0 Å². The molecule has 1 saturated heterocycles. The quantitative estimate of drug-likeness (QED) is 0.483. The van der Waals surface area contributed by atoms with Crippen LogP contribution in [0.2, 0.25) is 0 Å². The van der Waals surface area contributed by atoms with Gasteiger partial charge in [0.15, 0.2) is 0 Å². The highest BCUT2D eigenvalue weighted by molar-refractivity contribution is 6.02. The summed E-state index contributed by atoms with van der Waals surface area (Å²) in [6, 6.07) is 20.1. The molecule has 5 nitrogen and oxygen atoms in total. The summed E-state index contributed by atoms with van der Waals surface area (Å²) in [6.07, 6.45) is 0.907. The number of aliphatic hydroxyl groups is 1. The number of aliphatic hydroxyl groups excluding tert-OH is 1. The molecule has 35 heavy (non-hydrogen) atoms. The highest BCUT2D eigenvalue weighted by atomic mass is 16.5. The largest absolute Gasteiger partial charge is 0.456 e. The minimum Gasteiger partial charge on any atom is -0.456 e. The fraction of sp³-hybridized carbons (Fsp3) is 0.300. The molecule has 3 aromatic carbocycles. The van der Waals surface area contributed by atoms with Crippen LogP contribution < -0.4 is 20.1 Å². The van der Waals surface area contributed by atoms with Crippen LogP contribution in [0.15, 0.2) is 60.7 Å². The maximum Gasteiger partial charge on any atom is 0.254 e. The summed E-state index contributed by atoms with van der Waals surface area (Å²) in [7, 11) is 0. The maximum atomic E-state index is 13.7. The van der Waals surface area contributed by atoms with Gasteiger partial charge in [0.25, 0.3) is 5.91 Å². The van der Waals surface area contributed by atoms with Gasteiger partial charge in [-0.15, -0.1) is 0 Å². The van der Waals surface area contributed by atoms with E-state index >= 15 is 0 Å². The molecular weight excluding hydrogens is 436 g/mol. The molecule has 5 rings (SSSR count). The molecule has 0 spiro atoms. The van der Waals surface area contributed by atoms with Gasteiger partial charge in [0.2, 0.25) is 0 Å². The molecule has 2 aliphatic heterocycles. The second-order valence-electron chi connectivity index (χ2n) is 9.23. The van der Waals surface area contributed by atoms with E-state index in [2.05, 4.69) is 43.5 Å². The van der Waals surface area contributed by atoms with Gasteiger partial charge in [0.1, 0.15) is 11.5 Å². The van der Waals surface area contributed by atoms with E-state index < -0.39 is 0 Å². The van der Waals surface area contributed by atoms with Gasteiger partial charge in [-0.05, 0) is 61.7 Å². The van der Waals surface area contributed by atoms with Crippen LogP contribution in [-0.2, 0) is 0 Å². The fourth-order valence-corrected chi connectivity index (χ4v) is 5.13. The van der Waals surface area contributed by atoms with Crippen molar-refractivity contribution in [3.05, 3.63) is 87.8 Å². The number of carbonyl (C=O) groups is 1. The number of hydrogen-bond donors (Lipinski definition) is 1. The SMILES string of the molecule is C=c1ccc2c(c1)Oc1cc(N(CC)CC)ccc1C=2c1ccccc1C(=O)N1CCC(O)CC1. The summed E-state index contributed by atoms with van der Waals surface area (Å²) >= 11 is 0. The molecule has 0 atom stereocenters. The van der Waals surface area contributed by atoms with Crippen molar-refractivity contribution in [1.82, 2.24) is 4.90 Å². The standard InChI is InChI=1S/C30H32N2O3/c1-4-31(5-2)21-11-13-26-28(19-21)35-27-18-20(3)10-12-25(27)29(26)23-8-6-7-9-24(23)30(34)32-16-14-22(33)15-17-32/h6-13,18-19,22,33H,3-5,14-17H2,1-2H3. The molecular formula is C30H32N2O3. The smallest absolute Gasteiger partial charge is 0.254 e. The number of carbonyl (C=O) groups excluding carboxylic acids is 1. The molecule has 180 valence electrons. The van der Waals surface area contributed by atoms with E-state index in [1.807, 2.05) is 47.4 Å². The molecule has 0 aromatic heterocycles. The van der Waals surface area contributed by atoms with Crippen molar-refractivity contribution in [1.29, 1.82) is 0 Å². The van der Waals surface area contributed by atoms with Crippen LogP contribution in [0.25, 0.3) is 12.2 Å². The lowest BCUT2D eigenvalue weighted by Gasteiger charge is -2.31. The Morgan fingerprint density at radius 1 is 1.00 bits per heavy atom. The van der Waals surface area contributed by atoms with Gasteiger partial charge in [-0.25, -0.2) is 0 Å². The molecule has 0 aliphatic carbocycles. The second kappa shape index (κ2) is 9.59. The Morgan fingerprint density at radius 2 is 1.74 bits per heavy atom. The number of benzene rings is 3. The zero-order valence-electron chi connectivity index (χ0n) is 20.5. The number of anilines is 1. The predicted molar refractivity (Wildman–Crippen MR) is 140 cm³/mol. The Morgan fingerprint density at radius 3 is 2.49 bits per heavy atom. The lowest BCUT2D eigenvalue weighted by Crippen LogP contribution is -2.40. The third-order valence-corrected chi connectivity index (χ3v) is 7.08. The van der Waals surface area contributed by atoms with Gasteiger partial charge in [0, 0.05) is 59.9 Å². The Kier molecular flexibility index (Phi) is 6.35. The van der Waals surface area contributed by atoms with Crippen LogP contribution in [0, 0.1) is 0 Å². The molecule has 0 unspecified atom stereocenters. The molecule has 0 radical (unpaired) electrons. The van der Waals surface area contributed by atoms with Gasteiger partial charge >= 0.3 is 0 Å². The summed E-state index contributed by atoms with van der Waals surface area (Å²) in [6.45, 7) is 11.3. The molecule has 2 aliphatic rings. The molecule has 1 N–H and O–H groups in total. The first-order valence-corrected chi connectivity index (χ1v) is 12.5. The van der Waals surface area contributed by atoms with E-state index in [0.29, 0.717) is 31.5 Å². The number of likely N-dealkylation sites (tertiary alicyclic amines) is 1. The van der Waals surface area contributed by atoms with E-state index in [9.17, 15) is 9.90 Å². The summed E-state index contributed by atoms with van der Waals surface area (Å²) in [4.78, 5) is 17.8. The van der Waals surface area contributed by atoms with Crippen molar-refractivity contribution in [2.45, 2.75) is 32.8 Å². The Labute approximate surface area is 206 Å². The lowest BCUT2D eigenvalue weighted by atomic mass is 9.89. The van der Waals surface area contributed by atoms with Crippen LogP contribution in [0.3, 0.4) is 0 Å². The van der Waals surface area contributed by atoms with E-state index in [1.54, 1.807) is 0 Å². The van der Waals surface area contributed by atoms with Crippen molar-refractivity contribution in [2.75, 3.05) is 31.1 Å². The van der Waals surface area contributed by atoms with Crippen molar-refractivity contribution in [3.8, 4) is 11.5 Å². The lowest BCUT2D eigenvalue weighted by molar-refractivity contribution is 0.0546. The van der Waals surface area contributed by atoms with Crippen LogP contribution in [0.1, 0.15) is 48.2 Å². The average Bonchev–Trinajstić information content (AvgIpc) is 2.88. The van der Waals surface area contributed by atoms with Crippen LogP contribution in [0.5, 0.6) is 11.5 Å². The van der Waals surface area contributed by atoms with Crippen LogP contribution in [-0.4, -0.2) is 48.2 Å². The van der Waals surface area contributed by atoms with E-state index in [1.165, 1.54) is 0 Å². The predicted octanol–water partition coefficient (Wildman–Crippen LogP) is 3.89. The van der Waals surface area contributed by atoms with Gasteiger partial charge < -0.3 is 19.6 Å². The van der Waals surface area contributed by atoms with E-state index in [0.717, 1.165) is 57.4 Å². The minimum absolute atomic E-state index is 0.00290. The third-order valence-electron chi connectivity index (χ3n) is 7.08. The fourth-order valence-electron chi connectivity index (χ4n) is 5.13. The molecule has 0 saturated carbocycles. The zero-order chi connectivity index (χ0) is 24.5. The normalized spacial score (nSPS) is 15.3. The molecule has 5 heteroatoms. The first-order valence-electron chi connectivity index (χ1n) is 12.5. The number of nitrogens with zero attached hydrogens (tertiary/aromatic N) is 2. The van der Waals surface area contributed by atoms with Gasteiger partial charge in [0.05, 0.1) is 6.10 Å². The van der Waals surface area contributed by atoms with Crippen molar-refractivity contribution >= 4 is 23.7 Å². The van der Waals surface area contributed by atoms with Crippen LogP contribution in [0.4, 0.5) is 5.69 Å². The molecule has 1 fully saturated rings. The van der Waals surface area contributed by atoms with E-state index in [4.69, 9.17) is 4.74 Å². The average molecular weight is 469 g/mol. The first kappa shape index (κ1) is 23.2. The van der Waals surface area contributed by atoms with Gasteiger partial charge in [-0.2, -0.15) is 0 Å². The number of hydrogen-bond acceptors (Lipinski definition) is 4. The van der Waals surface area contributed by atoms with Crippen molar-refractivity contribution < 1.29 is 14.6 Å². The Hall–Kier alpha value is -3.57. The summed E-state index contributed by atoms with van der Waals surface area (Å²) in [5, 5.41) is 11.7.